The van der Waals surface area contributed by atoms with Crippen LogP contribution in [0.1, 0.15) is 72.6 Å². The molecule has 0 saturated heterocycles. The maximum atomic E-state index is 12.5. The first-order valence-corrected chi connectivity index (χ1v) is 9.65. The van der Waals surface area contributed by atoms with Crippen LogP contribution >= 0.6 is 7.60 Å². The Kier molecular flexibility index (Phi) is 12.0. The first-order chi connectivity index (χ1) is 9.04. The molecular weight excluding hydrogens is 259 g/mol. The molecule has 0 amide bonds. The van der Waals surface area contributed by atoms with Gasteiger partial charge in [0.1, 0.15) is 0 Å². The average Bonchev–Trinajstić information content (AvgIpc) is 2.38. The van der Waals surface area contributed by atoms with Crippen LogP contribution in [0.4, 0.5) is 0 Å². The SMILES string of the molecule is CCCCCCCOP(=O)(CCCC)OCC(C)C. The summed E-state index contributed by atoms with van der Waals surface area (Å²) in [6, 6.07) is 0. The third-order valence-corrected chi connectivity index (χ3v) is 4.91. The van der Waals surface area contributed by atoms with Gasteiger partial charge in [-0.05, 0) is 18.8 Å². The summed E-state index contributed by atoms with van der Waals surface area (Å²) in [6.07, 6.45) is 8.40. The second-order valence-electron chi connectivity index (χ2n) is 5.63. The molecule has 0 N–H and O–H groups in total. The van der Waals surface area contributed by atoms with Crippen LogP contribution in [0.25, 0.3) is 0 Å². The van der Waals surface area contributed by atoms with Crippen LogP contribution in [-0.4, -0.2) is 19.4 Å². The maximum Gasteiger partial charge on any atom is 0.330 e. The van der Waals surface area contributed by atoms with Gasteiger partial charge in [0.05, 0.1) is 19.4 Å². The van der Waals surface area contributed by atoms with Crippen LogP contribution < -0.4 is 0 Å². The predicted molar refractivity (Wildman–Crippen MR) is 82.9 cm³/mol. The lowest BCUT2D eigenvalue weighted by Crippen LogP contribution is -2.06. The van der Waals surface area contributed by atoms with Gasteiger partial charge in [0.2, 0.25) is 0 Å². The van der Waals surface area contributed by atoms with Crippen molar-refractivity contribution >= 4 is 7.60 Å². The average molecular weight is 292 g/mol. The fourth-order valence-corrected chi connectivity index (χ4v) is 3.66. The molecule has 1 atom stereocenters. The molecule has 0 aromatic rings. The summed E-state index contributed by atoms with van der Waals surface area (Å²) >= 11 is 0. The third kappa shape index (κ3) is 11.7. The fourth-order valence-electron chi connectivity index (χ4n) is 1.69. The molecular formula is C15H33O3P. The van der Waals surface area contributed by atoms with Crippen molar-refractivity contribution < 1.29 is 13.6 Å². The van der Waals surface area contributed by atoms with Crippen LogP contribution in [-0.2, 0) is 13.6 Å². The molecule has 0 aromatic heterocycles. The summed E-state index contributed by atoms with van der Waals surface area (Å²) in [7, 11) is -2.85. The molecule has 0 aliphatic carbocycles. The fraction of sp³-hybridized carbons (Fsp3) is 1.00. The second kappa shape index (κ2) is 11.9. The van der Waals surface area contributed by atoms with Gasteiger partial charge in [-0.3, -0.25) is 4.57 Å². The molecule has 0 aliphatic rings. The first kappa shape index (κ1) is 19.1. The third-order valence-electron chi connectivity index (χ3n) is 2.93. The van der Waals surface area contributed by atoms with Crippen LogP contribution in [0.5, 0.6) is 0 Å². The zero-order valence-corrected chi connectivity index (χ0v) is 14.2. The van der Waals surface area contributed by atoms with Gasteiger partial charge in [0, 0.05) is 0 Å². The van der Waals surface area contributed by atoms with E-state index in [4.69, 9.17) is 9.05 Å². The van der Waals surface area contributed by atoms with E-state index in [1.165, 1.54) is 19.3 Å². The van der Waals surface area contributed by atoms with Crippen molar-refractivity contribution in [3.05, 3.63) is 0 Å². The summed E-state index contributed by atoms with van der Waals surface area (Å²) in [5, 5.41) is 0. The Balaban J connectivity index is 3.94. The topological polar surface area (TPSA) is 35.5 Å². The van der Waals surface area contributed by atoms with E-state index in [2.05, 4.69) is 27.7 Å². The van der Waals surface area contributed by atoms with E-state index in [1.807, 2.05) is 0 Å². The normalized spacial score (nSPS) is 14.8. The lowest BCUT2D eigenvalue weighted by molar-refractivity contribution is 0.184. The van der Waals surface area contributed by atoms with E-state index in [0.29, 0.717) is 25.3 Å². The summed E-state index contributed by atoms with van der Waals surface area (Å²) in [4.78, 5) is 0. The van der Waals surface area contributed by atoms with Gasteiger partial charge in [-0.25, -0.2) is 0 Å². The van der Waals surface area contributed by atoms with Crippen molar-refractivity contribution in [2.24, 2.45) is 5.92 Å². The maximum absolute atomic E-state index is 12.5. The largest absolute Gasteiger partial charge is 0.330 e. The van der Waals surface area contributed by atoms with Crippen molar-refractivity contribution in [3.8, 4) is 0 Å². The van der Waals surface area contributed by atoms with Gasteiger partial charge in [-0.15, -0.1) is 0 Å². The van der Waals surface area contributed by atoms with E-state index < -0.39 is 7.60 Å². The molecule has 0 aromatic carbocycles. The molecule has 0 fully saturated rings. The van der Waals surface area contributed by atoms with Crippen LogP contribution in [0.3, 0.4) is 0 Å². The van der Waals surface area contributed by atoms with E-state index in [9.17, 15) is 4.57 Å². The Hall–Kier alpha value is 0.150. The van der Waals surface area contributed by atoms with E-state index in [0.717, 1.165) is 25.7 Å². The highest BCUT2D eigenvalue weighted by atomic mass is 31.2. The molecule has 0 heterocycles. The number of rotatable bonds is 13. The molecule has 1 unspecified atom stereocenters. The Morgan fingerprint density at radius 1 is 0.895 bits per heavy atom. The molecule has 116 valence electrons. The van der Waals surface area contributed by atoms with E-state index in [1.54, 1.807) is 0 Å². The Morgan fingerprint density at radius 3 is 2.11 bits per heavy atom. The summed E-state index contributed by atoms with van der Waals surface area (Å²) in [5.74, 6) is 0.392. The zero-order chi connectivity index (χ0) is 14.6. The molecule has 19 heavy (non-hydrogen) atoms. The van der Waals surface area contributed by atoms with E-state index in [-0.39, 0.29) is 0 Å². The summed E-state index contributed by atoms with van der Waals surface area (Å²) < 4.78 is 23.7. The van der Waals surface area contributed by atoms with Crippen molar-refractivity contribution in [1.29, 1.82) is 0 Å². The smallest absolute Gasteiger partial charge is 0.309 e. The van der Waals surface area contributed by atoms with Gasteiger partial charge in [-0.1, -0.05) is 59.8 Å². The summed E-state index contributed by atoms with van der Waals surface area (Å²) in [6.45, 7) is 9.52. The van der Waals surface area contributed by atoms with Gasteiger partial charge in [-0.2, -0.15) is 0 Å². The molecule has 0 aliphatic heterocycles. The number of hydrogen-bond acceptors (Lipinski definition) is 3. The molecule has 0 spiro atoms. The Bertz CT molecular complexity index is 242. The minimum Gasteiger partial charge on any atom is -0.309 e. The van der Waals surface area contributed by atoms with Crippen LogP contribution in [0.15, 0.2) is 0 Å². The predicted octanol–water partition coefficient (Wildman–Crippen LogP) is 5.64. The minimum absolute atomic E-state index is 0.392. The summed E-state index contributed by atoms with van der Waals surface area (Å²) in [5.41, 5.74) is 0. The van der Waals surface area contributed by atoms with Gasteiger partial charge >= 0.3 is 7.60 Å². The first-order valence-electron chi connectivity index (χ1n) is 7.92. The monoisotopic (exact) mass is 292 g/mol. The zero-order valence-electron chi connectivity index (χ0n) is 13.3. The quantitative estimate of drug-likeness (QED) is 0.325. The number of hydrogen-bond donors (Lipinski definition) is 0. The highest BCUT2D eigenvalue weighted by Gasteiger charge is 2.23. The molecule has 3 nitrogen and oxygen atoms in total. The minimum atomic E-state index is -2.85. The number of unbranched alkanes of at least 4 members (excludes halogenated alkanes) is 5. The van der Waals surface area contributed by atoms with Gasteiger partial charge in [0.15, 0.2) is 0 Å². The second-order valence-corrected chi connectivity index (χ2v) is 7.81. The Labute approximate surface area is 120 Å². The standard InChI is InChI=1S/C15H33O3P/c1-5-7-9-10-11-12-17-19(16,13-8-6-2)18-14-15(3)4/h15H,5-14H2,1-4H3. The lowest BCUT2D eigenvalue weighted by Gasteiger charge is -2.19. The molecule has 0 saturated carbocycles. The van der Waals surface area contributed by atoms with Gasteiger partial charge < -0.3 is 9.05 Å². The van der Waals surface area contributed by atoms with Gasteiger partial charge in [0.25, 0.3) is 0 Å². The lowest BCUT2D eigenvalue weighted by atomic mass is 10.2. The van der Waals surface area contributed by atoms with Crippen LogP contribution in [0, 0.1) is 5.92 Å². The molecule has 0 radical (unpaired) electrons. The van der Waals surface area contributed by atoms with Crippen molar-refractivity contribution in [2.75, 3.05) is 19.4 Å². The van der Waals surface area contributed by atoms with Crippen molar-refractivity contribution in [3.63, 3.8) is 0 Å². The van der Waals surface area contributed by atoms with Crippen molar-refractivity contribution in [2.45, 2.75) is 72.6 Å². The Morgan fingerprint density at radius 2 is 1.53 bits per heavy atom. The van der Waals surface area contributed by atoms with Crippen molar-refractivity contribution in [1.82, 2.24) is 0 Å². The highest BCUT2D eigenvalue weighted by Crippen LogP contribution is 2.49. The van der Waals surface area contributed by atoms with E-state index >= 15 is 0 Å². The molecule has 0 bridgehead atoms. The molecule has 0 rings (SSSR count). The highest BCUT2D eigenvalue weighted by molar-refractivity contribution is 7.53. The van der Waals surface area contributed by atoms with Crippen LogP contribution in [0.2, 0.25) is 0 Å². The molecule has 4 heteroatoms.